The van der Waals surface area contributed by atoms with Crippen molar-refractivity contribution in [2.45, 2.75) is 20.3 Å². The standard InChI is InChI=1S/C13H17N3O/c1-3-9(2)7-14-13(17)10-4-5-11-8-15-16-12(11)6-10/h4-6,8-9H,3,7H2,1-2H3,(H,14,17)(H,15,16). The van der Waals surface area contributed by atoms with E-state index in [-0.39, 0.29) is 5.91 Å². The van der Waals surface area contributed by atoms with Gasteiger partial charge in [-0.3, -0.25) is 9.89 Å². The van der Waals surface area contributed by atoms with Crippen molar-refractivity contribution in [3.05, 3.63) is 30.0 Å². The minimum Gasteiger partial charge on any atom is -0.352 e. The molecule has 0 aliphatic rings. The van der Waals surface area contributed by atoms with Crippen LogP contribution in [-0.4, -0.2) is 22.6 Å². The molecular formula is C13H17N3O. The Morgan fingerprint density at radius 1 is 1.53 bits per heavy atom. The van der Waals surface area contributed by atoms with Crippen LogP contribution in [0.5, 0.6) is 0 Å². The van der Waals surface area contributed by atoms with Crippen LogP contribution in [0, 0.1) is 5.92 Å². The van der Waals surface area contributed by atoms with E-state index in [0.717, 1.165) is 23.9 Å². The fourth-order valence-electron chi connectivity index (χ4n) is 1.59. The van der Waals surface area contributed by atoms with E-state index in [1.54, 1.807) is 6.20 Å². The van der Waals surface area contributed by atoms with Gasteiger partial charge in [0.15, 0.2) is 0 Å². The van der Waals surface area contributed by atoms with Crippen LogP contribution in [0.3, 0.4) is 0 Å². The van der Waals surface area contributed by atoms with Gasteiger partial charge in [-0.05, 0) is 18.1 Å². The Hall–Kier alpha value is -1.84. The van der Waals surface area contributed by atoms with Crippen molar-refractivity contribution in [3.63, 3.8) is 0 Å². The Morgan fingerprint density at radius 2 is 2.35 bits per heavy atom. The second-order valence-corrected chi connectivity index (χ2v) is 4.40. The lowest BCUT2D eigenvalue weighted by Crippen LogP contribution is -2.27. The fourth-order valence-corrected chi connectivity index (χ4v) is 1.59. The molecule has 2 N–H and O–H groups in total. The number of aromatic nitrogens is 2. The number of nitrogens with zero attached hydrogens (tertiary/aromatic N) is 1. The third kappa shape index (κ3) is 2.64. The summed E-state index contributed by atoms with van der Waals surface area (Å²) in [5, 5.41) is 10.7. The van der Waals surface area contributed by atoms with E-state index >= 15 is 0 Å². The average molecular weight is 231 g/mol. The van der Waals surface area contributed by atoms with Crippen LogP contribution in [-0.2, 0) is 0 Å². The van der Waals surface area contributed by atoms with E-state index in [4.69, 9.17) is 0 Å². The van der Waals surface area contributed by atoms with Crippen molar-refractivity contribution in [1.29, 1.82) is 0 Å². The Labute approximate surface area is 100 Å². The molecule has 0 bridgehead atoms. The first kappa shape index (κ1) is 11.6. The van der Waals surface area contributed by atoms with Crippen molar-refractivity contribution in [2.24, 2.45) is 5.92 Å². The molecule has 1 heterocycles. The second kappa shape index (κ2) is 4.99. The Balaban J connectivity index is 2.08. The molecule has 0 radical (unpaired) electrons. The topological polar surface area (TPSA) is 57.8 Å². The molecule has 2 rings (SSSR count). The lowest BCUT2D eigenvalue weighted by Gasteiger charge is -2.10. The number of aromatic amines is 1. The predicted molar refractivity (Wildman–Crippen MR) is 67.9 cm³/mol. The summed E-state index contributed by atoms with van der Waals surface area (Å²) in [6, 6.07) is 5.55. The van der Waals surface area contributed by atoms with Crippen molar-refractivity contribution < 1.29 is 4.79 Å². The summed E-state index contributed by atoms with van der Waals surface area (Å²) in [4.78, 5) is 11.9. The van der Waals surface area contributed by atoms with E-state index in [1.807, 2.05) is 18.2 Å². The van der Waals surface area contributed by atoms with Crippen LogP contribution in [0.4, 0.5) is 0 Å². The molecule has 1 unspecified atom stereocenters. The van der Waals surface area contributed by atoms with Crippen molar-refractivity contribution in [2.75, 3.05) is 6.54 Å². The number of H-pyrrole nitrogens is 1. The molecule has 4 heteroatoms. The minimum atomic E-state index is -0.0261. The van der Waals surface area contributed by atoms with Crippen molar-refractivity contribution in [1.82, 2.24) is 15.5 Å². The van der Waals surface area contributed by atoms with Gasteiger partial charge in [-0.25, -0.2) is 0 Å². The Bertz CT molecular complexity index is 518. The van der Waals surface area contributed by atoms with Gasteiger partial charge in [-0.2, -0.15) is 5.10 Å². The zero-order valence-corrected chi connectivity index (χ0v) is 10.2. The highest BCUT2D eigenvalue weighted by Gasteiger charge is 2.08. The summed E-state index contributed by atoms with van der Waals surface area (Å²) in [5.41, 5.74) is 1.56. The number of fused-ring (bicyclic) bond motifs is 1. The van der Waals surface area contributed by atoms with Crippen LogP contribution in [0.15, 0.2) is 24.4 Å². The van der Waals surface area contributed by atoms with Crippen LogP contribution >= 0.6 is 0 Å². The highest BCUT2D eigenvalue weighted by Crippen LogP contribution is 2.12. The number of amides is 1. The predicted octanol–water partition coefficient (Wildman–Crippen LogP) is 2.34. The van der Waals surface area contributed by atoms with Gasteiger partial charge < -0.3 is 5.32 Å². The maximum atomic E-state index is 11.9. The zero-order valence-electron chi connectivity index (χ0n) is 10.2. The van der Waals surface area contributed by atoms with Gasteiger partial charge in [0.2, 0.25) is 0 Å². The van der Waals surface area contributed by atoms with E-state index in [2.05, 4.69) is 29.4 Å². The summed E-state index contributed by atoms with van der Waals surface area (Å²) >= 11 is 0. The van der Waals surface area contributed by atoms with Gasteiger partial charge in [0.05, 0.1) is 11.7 Å². The Kier molecular flexibility index (Phi) is 3.42. The maximum absolute atomic E-state index is 11.9. The first-order valence-corrected chi connectivity index (χ1v) is 5.92. The van der Waals surface area contributed by atoms with E-state index < -0.39 is 0 Å². The number of hydrogen-bond donors (Lipinski definition) is 2. The largest absolute Gasteiger partial charge is 0.352 e. The van der Waals surface area contributed by atoms with Crippen LogP contribution in [0.1, 0.15) is 30.6 Å². The molecule has 1 amide bonds. The first-order valence-electron chi connectivity index (χ1n) is 5.92. The number of benzene rings is 1. The Morgan fingerprint density at radius 3 is 3.12 bits per heavy atom. The molecular weight excluding hydrogens is 214 g/mol. The third-order valence-electron chi connectivity index (χ3n) is 3.01. The monoisotopic (exact) mass is 231 g/mol. The average Bonchev–Trinajstić information content (AvgIpc) is 2.82. The highest BCUT2D eigenvalue weighted by atomic mass is 16.1. The third-order valence-corrected chi connectivity index (χ3v) is 3.01. The molecule has 90 valence electrons. The SMILES string of the molecule is CCC(C)CNC(=O)c1ccc2cn[nH]c2c1. The number of rotatable bonds is 4. The van der Waals surface area contributed by atoms with Crippen LogP contribution in [0.25, 0.3) is 10.9 Å². The molecule has 1 aromatic carbocycles. The molecule has 4 nitrogen and oxygen atoms in total. The molecule has 0 aliphatic carbocycles. The summed E-state index contributed by atoms with van der Waals surface area (Å²) in [6.45, 7) is 4.96. The van der Waals surface area contributed by atoms with Gasteiger partial charge in [0.25, 0.3) is 5.91 Å². The zero-order chi connectivity index (χ0) is 12.3. The van der Waals surface area contributed by atoms with E-state index in [0.29, 0.717) is 11.5 Å². The van der Waals surface area contributed by atoms with Crippen LogP contribution in [0.2, 0.25) is 0 Å². The summed E-state index contributed by atoms with van der Waals surface area (Å²) in [7, 11) is 0. The number of carbonyl (C=O) groups is 1. The molecule has 1 atom stereocenters. The molecule has 17 heavy (non-hydrogen) atoms. The van der Waals surface area contributed by atoms with Crippen molar-refractivity contribution >= 4 is 16.8 Å². The maximum Gasteiger partial charge on any atom is 0.251 e. The van der Waals surface area contributed by atoms with Gasteiger partial charge >= 0.3 is 0 Å². The quantitative estimate of drug-likeness (QED) is 0.848. The molecule has 2 aromatic rings. The van der Waals surface area contributed by atoms with Crippen LogP contribution < -0.4 is 5.32 Å². The molecule has 0 saturated heterocycles. The highest BCUT2D eigenvalue weighted by molar-refractivity contribution is 5.97. The number of hydrogen-bond acceptors (Lipinski definition) is 2. The lowest BCUT2D eigenvalue weighted by molar-refractivity contribution is 0.0948. The van der Waals surface area contributed by atoms with Gasteiger partial charge in [-0.1, -0.05) is 26.3 Å². The van der Waals surface area contributed by atoms with E-state index in [9.17, 15) is 4.79 Å². The molecule has 1 aromatic heterocycles. The fraction of sp³-hybridized carbons (Fsp3) is 0.385. The summed E-state index contributed by atoms with van der Waals surface area (Å²) < 4.78 is 0. The van der Waals surface area contributed by atoms with E-state index in [1.165, 1.54) is 0 Å². The molecule has 0 saturated carbocycles. The normalized spacial score (nSPS) is 12.6. The summed E-state index contributed by atoms with van der Waals surface area (Å²) in [6.07, 6.45) is 2.82. The van der Waals surface area contributed by atoms with Gasteiger partial charge in [0, 0.05) is 17.5 Å². The second-order valence-electron chi connectivity index (χ2n) is 4.40. The minimum absolute atomic E-state index is 0.0261. The summed E-state index contributed by atoms with van der Waals surface area (Å²) in [5.74, 6) is 0.483. The molecule has 0 aliphatic heterocycles. The molecule has 0 spiro atoms. The number of nitrogens with one attached hydrogen (secondary N) is 2. The number of carbonyl (C=O) groups excluding carboxylic acids is 1. The van der Waals surface area contributed by atoms with Gasteiger partial charge in [-0.15, -0.1) is 0 Å². The molecule has 0 fully saturated rings. The lowest BCUT2D eigenvalue weighted by atomic mass is 10.1. The van der Waals surface area contributed by atoms with Crippen molar-refractivity contribution in [3.8, 4) is 0 Å². The van der Waals surface area contributed by atoms with Gasteiger partial charge in [0.1, 0.15) is 0 Å². The smallest absolute Gasteiger partial charge is 0.251 e. The first-order chi connectivity index (χ1) is 8.20.